The molecule has 226 valence electrons. The second-order valence-electron chi connectivity index (χ2n) is 10.9. The van der Waals surface area contributed by atoms with Crippen LogP contribution in [0.25, 0.3) is 0 Å². The topological polar surface area (TPSA) is 86.8 Å². The Kier molecular flexibility index (Phi) is 12.3. The molecule has 0 saturated carbocycles. The maximum atomic E-state index is 13.9. The Hall–Kier alpha value is -3.07. The number of hydrogen-bond acceptors (Lipinski definition) is 4. The lowest BCUT2D eigenvalue weighted by molar-refractivity contribution is -0.141. The highest BCUT2D eigenvalue weighted by molar-refractivity contribution is 7.92. The molecule has 2 amide bonds. The number of hydrogen-bond donors (Lipinski definition) is 1. The summed E-state index contributed by atoms with van der Waals surface area (Å²) in [6.45, 7) is 6.76. The van der Waals surface area contributed by atoms with Crippen LogP contribution in [0, 0.1) is 12.8 Å². The van der Waals surface area contributed by atoms with E-state index in [0.717, 1.165) is 27.3 Å². The van der Waals surface area contributed by atoms with Crippen molar-refractivity contribution < 1.29 is 18.0 Å². The molecule has 3 aromatic carbocycles. The number of sulfonamides is 1. The van der Waals surface area contributed by atoms with Crippen molar-refractivity contribution in [2.75, 3.05) is 23.7 Å². The van der Waals surface area contributed by atoms with E-state index < -0.39 is 16.1 Å². The van der Waals surface area contributed by atoms with Gasteiger partial charge >= 0.3 is 0 Å². The summed E-state index contributed by atoms with van der Waals surface area (Å²) >= 11 is 12.4. The second kappa shape index (κ2) is 15.4. The van der Waals surface area contributed by atoms with E-state index in [1.165, 1.54) is 12.1 Å². The van der Waals surface area contributed by atoms with E-state index in [4.69, 9.17) is 23.2 Å². The first-order chi connectivity index (χ1) is 19.8. The predicted octanol–water partition coefficient (Wildman–Crippen LogP) is 6.26. The minimum Gasteiger partial charge on any atom is -0.354 e. The van der Waals surface area contributed by atoms with Gasteiger partial charge in [-0.3, -0.25) is 13.9 Å². The Balaban J connectivity index is 1.89. The standard InChI is InChI=1S/C32H39Cl2N3O4S/c1-23(2)21-35-32(39)30(19-25-9-6-5-7-10-25)36(22-26-14-12-24(3)13-15-26)31(38)11-8-18-37(42(4,40)41)29-20-27(33)16-17-28(29)34/h5-7,9-10,12-17,20,23,30H,8,11,18-19,21-22H2,1-4H3,(H,35,39)/t30-/m1/s1. The molecule has 3 rings (SSSR count). The minimum atomic E-state index is -3.71. The molecule has 0 spiro atoms. The monoisotopic (exact) mass is 631 g/mol. The van der Waals surface area contributed by atoms with E-state index in [2.05, 4.69) is 5.32 Å². The Morgan fingerprint density at radius 2 is 1.60 bits per heavy atom. The zero-order valence-corrected chi connectivity index (χ0v) is 26.8. The summed E-state index contributed by atoms with van der Waals surface area (Å²) in [5.74, 6) is -0.230. The van der Waals surface area contributed by atoms with Gasteiger partial charge in [-0.1, -0.05) is 97.2 Å². The van der Waals surface area contributed by atoms with E-state index in [-0.39, 0.29) is 54.4 Å². The molecule has 0 aliphatic rings. The Morgan fingerprint density at radius 3 is 2.21 bits per heavy atom. The average molecular weight is 633 g/mol. The van der Waals surface area contributed by atoms with Crippen molar-refractivity contribution in [2.45, 2.75) is 52.6 Å². The highest BCUT2D eigenvalue weighted by atomic mass is 35.5. The minimum absolute atomic E-state index is 0.0197. The van der Waals surface area contributed by atoms with Gasteiger partial charge in [0.15, 0.2) is 0 Å². The SMILES string of the molecule is Cc1ccc(CN(C(=O)CCCN(c2cc(Cl)ccc2Cl)S(C)(=O)=O)[C@H](Cc2ccccc2)C(=O)NCC(C)C)cc1. The molecule has 0 aliphatic heterocycles. The maximum absolute atomic E-state index is 13.9. The first-order valence-corrected chi connectivity index (χ1v) is 16.5. The molecule has 0 saturated heterocycles. The number of rotatable bonds is 14. The van der Waals surface area contributed by atoms with Crippen molar-refractivity contribution in [2.24, 2.45) is 5.92 Å². The van der Waals surface area contributed by atoms with Gasteiger partial charge in [-0.2, -0.15) is 0 Å². The van der Waals surface area contributed by atoms with Crippen molar-refractivity contribution in [3.8, 4) is 0 Å². The molecule has 10 heteroatoms. The Bertz CT molecular complexity index is 1450. The van der Waals surface area contributed by atoms with Crippen LogP contribution in [0.1, 0.15) is 43.4 Å². The molecule has 1 N–H and O–H groups in total. The van der Waals surface area contributed by atoms with E-state index >= 15 is 0 Å². The van der Waals surface area contributed by atoms with Crippen LogP contribution in [0.5, 0.6) is 0 Å². The largest absolute Gasteiger partial charge is 0.354 e. The third kappa shape index (κ3) is 10.0. The summed E-state index contributed by atoms with van der Waals surface area (Å²) < 4.78 is 26.5. The molecule has 0 heterocycles. The number of nitrogens with zero attached hydrogens (tertiary/aromatic N) is 2. The lowest BCUT2D eigenvalue weighted by Gasteiger charge is -2.32. The van der Waals surface area contributed by atoms with Gasteiger partial charge in [0.1, 0.15) is 6.04 Å². The molecular formula is C32H39Cl2N3O4S. The number of carbonyl (C=O) groups excluding carboxylic acids is 2. The average Bonchev–Trinajstić information content (AvgIpc) is 2.94. The number of aryl methyl sites for hydroxylation is 1. The van der Waals surface area contributed by atoms with Gasteiger partial charge in [-0.05, 0) is 48.6 Å². The molecule has 1 atom stereocenters. The third-order valence-electron chi connectivity index (χ3n) is 6.76. The lowest BCUT2D eigenvalue weighted by Crippen LogP contribution is -2.51. The van der Waals surface area contributed by atoms with Crippen LogP contribution in [0.15, 0.2) is 72.8 Å². The zero-order valence-electron chi connectivity index (χ0n) is 24.5. The number of amides is 2. The first kappa shape index (κ1) is 33.4. The zero-order chi connectivity index (χ0) is 30.9. The second-order valence-corrected chi connectivity index (χ2v) is 13.6. The van der Waals surface area contributed by atoms with Crippen LogP contribution >= 0.6 is 23.2 Å². The number of nitrogens with one attached hydrogen (secondary N) is 1. The fourth-order valence-electron chi connectivity index (χ4n) is 4.53. The number of anilines is 1. The molecule has 0 aromatic heterocycles. The van der Waals surface area contributed by atoms with Crippen molar-refractivity contribution in [3.63, 3.8) is 0 Å². The van der Waals surface area contributed by atoms with Crippen LogP contribution < -0.4 is 9.62 Å². The quantitative estimate of drug-likeness (QED) is 0.227. The van der Waals surface area contributed by atoms with Crippen molar-refractivity contribution in [1.29, 1.82) is 0 Å². The number of carbonyl (C=O) groups is 2. The molecule has 0 unspecified atom stereocenters. The van der Waals surface area contributed by atoms with Crippen molar-refractivity contribution in [3.05, 3.63) is 99.5 Å². The van der Waals surface area contributed by atoms with Crippen molar-refractivity contribution >= 4 is 50.7 Å². The van der Waals surface area contributed by atoms with Crippen LogP contribution in [0.4, 0.5) is 5.69 Å². The molecule has 7 nitrogen and oxygen atoms in total. The van der Waals surface area contributed by atoms with Crippen molar-refractivity contribution in [1.82, 2.24) is 10.2 Å². The Labute approximate surface area is 259 Å². The highest BCUT2D eigenvalue weighted by Crippen LogP contribution is 2.31. The lowest BCUT2D eigenvalue weighted by atomic mass is 10.0. The molecule has 3 aromatic rings. The van der Waals surface area contributed by atoms with Gasteiger partial charge in [0.25, 0.3) is 0 Å². The van der Waals surface area contributed by atoms with E-state index in [9.17, 15) is 18.0 Å². The van der Waals surface area contributed by atoms with Gasteiger partial charge in [0.05, 0.1) is 17.0 Å². The normalized spacial score (nSPS) is 12.2. The summed E-state index contributed by atoms with van der Waals surface area (Å²) in [7, 11) is -3.71. The van der Waals surface area contributed by atoms with Gasteiger partial charge in [0.2, 0.25) is 21.8 Å². The van der Waals surface area contributed by atoms with Gasteiger partial charge < -0.3 is 10.2 Å². The summed E-state index contributed by atoms with van der Waals surface area (Å²) in [4.78, 5) is 29.1. The summed E-state index contributed by atoms with van der Waals surface area (Å²) in [6.07, 6.45) is 1.67. The predicted molar refractivity (Wildman–Crippen MR) is 171 cm³/mol. The summed E-state index contributed by atoms with van der Waals surface area (Å²) in [5.41, 5.74) is 3.17. The van der Waals surface area contributed by atoms with Crippen LogP contribution in [0.3, 0.4) is 0 Å². The fourth-order valence-corrected chi connectivity index (χ4v) is 5.93. The number of benzene rings is 3. The summed E-state index contributed by atoms with van der Waals surface area (Å²) in [5, 5.41) is 3.60. The molecule has 42 heavy (non-hydrogen) atoms. The molecular weight excluding hydrogens is 593 g/mol. The van der Waals surface area contributed by atoms with Gasteiger partial charge in [-0.25, -0.2) is 8.42 Å². The van der Waals surface area contributed by atoms with E-state index in [1.807, 2.05) is 75.4 Å². The smallest absolute Gasteiger partial charge is 0.243 e. The van der Waals surface area contributed by atoms with Crippen LogP contribution in [-0.4, -0.2) is 50.5 Å². The van der Waals surface area contributed by atoms with E-state index in [0.29, 0.717) is 18.0 Å². The summed E-state index contributed by atoms with van der Waals surface area (Å²) in [6, 6.07) is 21.3. The Morgan fingerprint density at radius 1 is 0.929 bits per heavy atom. The first-order valence-electron chi connectivity index (χ1n) is 13.9. The molecule has 0 bridgehead atoms. The molecule has 0 aliphatic carbocycles. The van der Waals surface area contributed by atoms with Crippen LogP contribution in [0.2, 0.25) is 10.0 Å². The molecule has 0 radical (unpaired) electrons. The third-order valence-corrected chi connectivity index (χ3v) is 8.49. The highest BCUT2D eigenvalue weighted by Gasteiger charge is 2.30. The number of halogens is 2. The van der Waals surface area contributed by atoms with Gasteiger partial charge in [-0.15, -0.1) is 0 Å². The fraction of sp³-hybridized carbons (Fsp3) is 0.375. The van der Waals surface area contributed by atoms with E-state index in [1.54, 1.807) is 11.0 Å². The maximum Gasteiger partial charge on any atom is 0.243 e. The van der Waals surface area contributed by atoms with Crippen LogP contribution in [-0.2, 0) is 32.6 Å². The van der Waals surface area contributed by atoms with Gasteiger partial charge in [0, 0.05) is 37.5 Å². The molecule has 0 fully saturated rings.